The zero-order chi connectivity index (χ0) is 21.5. The number of nitrogens with zero attached hydrogens (tertiary/aromatic N) is 3. The van der Waals surface area contributed by atoms with E-state index in [0.29, 0.717) is 22.7 Å². The zero-order valence-corrected chi connectivity index (χ0v) is 17.8. The summed E-state index contributed by atoms with van der Waals surface area (Å²) in [5, 5.41) is 0.998. The predicted octanol–water partition coefficient (Wildman–Crippen LogP) is 4.01. The summed E-state index contributed by atoms with van der Waals surface area (Å²) in [6.07, 6.45) is 4.22. The predicted molar refractivity (Wildman–Crippen MR) is 122 cm³/mol. The Hall–Kier alpha value is -2.99. The number of Topliss-reactive ketones (excluding diaryl/α,β-unsaturated/α-hetero) is 1. The monoisotopic (exact) mass is 418 g/mol. The average molecular weight is 419 g/mol. The molecule has 31 heavy (non-hydrogen) atoms. The molecule has 1 aromatic heterocycles. The average Bonchev–Trinajstić information content (AvgIpc) is 3.60. The van der Waals surface area contributed by atoms with Crippen LogP contribution in [0.4, 0.5) is 15.8 Å². The number of fused-ring (bicyclic) bond motifs is 1. The molecule has 2 aromatic carbocycles. The van der Waals surface area contributed by atoms with Crippen LogP contribution in [0.15, 0.2) is 42.6 Å². The van der Waals surface area contributed by atoms with Crippen LogP contribution in [0, 0.1) is 5.82 Å². The molecule has 5 nitrogen and oxygen atoms in total. The molecule has 2 N–H and O–H groups in total. The summed E-state index contributed by atoms with van der Waals surface area (Å²) in [6.45, 7) is 4.18. The van der Waals surface area contributed by atoms with Crippen molar-refractivity contribution >= 4 is 28.1 Å². The lowest BCUT2D eigenvalue weighted by Gasteiger charge is -2.35. The smallest absolute Gasteiger partial charge is 0.168 e. The molecule has 2 fully saturated rings. The maximum atomic E-state index is 13.3. The lowest BCUT2D eigenvalue weighted by Crippen LogP contribution is -2.44. The van der Waals surface area contributed by atoms with Crippen molar-refractivity contribution in [2.75, 3.05) is 43.9 Å². The fourth-order valence-electron chi connectivity index (χ4n) is 4.47. The molecule has 5 rings (SSSR count). The summed E-state index contributed by atoms with van der Waals surface area (Å²) in [6, 6.07) is 10.4. The highest BCUT2D eigenvalue weighted by atomic mass is 19.1. The van der Waals surface area contributed by atoms with Gasteiger partial charge in [0, 0.05) is 66.7 Å². The van der Waals surface area contributed by atoms with Crippen molar-refractivity contribution in [3.05, 3.63) is 65.1 Å². The number of anilines is 2. The lowest BCUT2D eigenvalue weighted by atomic mass is 9.98. The highest BCUT2D eigenvalue weighted by Gasteiger charge is 2.31. The van der Waals surface area contributed by atoms with Gasteiger partial charge in [0.05, 0.1) is 5.52 Å². The molecular formula is C25H27FN4O. The number of rotatable bonds is 5. The topological polar surface area (TPSA) is 62.5 Å². The molecule has 1 aliphatic carbocycles. The normalized spacial score (nSPS) is 17.3. The Morgan fingerprint density at radius 1 is 1.13 bits per heavy atom. The molecule has 0 bridgehead atoms. The van der Waals surface area contributed by atoms with Crippen molar-refractivity contribution in [3.8, 4) is 0 Å². The maximum Gasteiger partial charge on any atom is 0.168 e. The molecule has 0 radical (unpaired) electrons. The van der Waals surface area contributed by atoms with E-state index in [-0.39, 0.29) is 12.2 Å². The Balaban J connectivity index is 1.46. The number of hydrogen-bond donors (Lipinski definition) is 1. The first-order valence-electron chi connectivity index (χ1n) is 10.9. The summed E-state index contributed by atoms with van der Waals surface area (Å²) >= 11 is 0. The highest BCUT2D eigenvalue weighted by molar-refractivity contribution is 6.01. The van der Waals surface area contributed by atoms with Crippen molar-refractivity contribution in [2.45, 2.75) is 25.2 Å². The maximum absolute atomic E-state index is 13.3. The molecular weight excluding hydrogens is 391 g/mol. The number of carbonyl (C=O) groups is 1. The van der Waals surface area contributed by atoms with E-state index in [1.807, 2.05) is 6.07 Å². The molecule has 0 spiro atoms. The Labute approximate surface area is 181 Å². The molecule has 0 atom stereocenters. The number of nitrogens with two attached hydrogens (primary N) is 1. The Kier molecular flexibility index (Phi) is 5.10. The standard InChI is InChI=1S/C25H27FN4O/c1-29-8-10-30(11-9-29)22-7-5-18-12-19(15-28-25(18)24(22)16-2-3-16)23(31)13-17-4-6-20(26)14-21(17)27/h4-7,12,14-16H,2-3,8-11,13,27H2,1H3. The van der Waals surface area contributed by atoms with Gasteiger partial charge in [-0.2, -0.15) is 0 Å². The minimum absolute atomic E-state index is 0.0659. The number of aromatic nitrogens is 1. The highest BCUT2D eigenvalue weighted by Crippen LogP contribution is 2.47. The van der Waals surface area contributed by atoms with Crippen molar-refractivity contribution in [3.63, 3.8) is 0 Å². The molecule has 160 valence electrons. The summed E-state index contributed by atoms with van der Waals surface area (Å²) < 4.78 is 13.3. The number of likely N-dealkylation sites (N-methyl/N-ethyl adjacent to an activating group) is 1. The van der Waals surface area contributed by atoms with Gasteiger partial charge in [0.1, 0.15) is 5.82 Å². The van der Waals surface area contributed by atoms with Gasteiger partial charge in [0.2, 0.25) is 0 Å². The van der Waals surface area contributed by atoms with Crippen molar-refractivity contribution in [1.82, 2.24) is 9.88 Å². The number of pyridine rings is 1. The van der Waals surface area contributed by atoms with Crippen LogP contribution in [0.25, 0.3) is 10.9 Å². The van der Waals surface area contributed by atoms with Gasteiger partial charge in [-0.25, -0.2) is 4.39 Å². The molecule has 1 aliphatic heterocycles. The van der Waals surface area contributed by atoms with Gasteiger partial charge in [-0.3, -0.25) is 9.78 Å². The first-order valence-corrected chi connectivity index (χ1v) is 10.9. The van der Waals surface area contributed by atoms with E-state index >= 15 is 0 Å². The second-order valence-corrected chi connectivity index (χ2v) is 8.80. The van der Waals surface area contributed by atoms with Gasteiger partial charge in [-0.05, 0) is 55.6 Å². The Bertz CT molecular complexity index is 1150. The Morgan fingerprint density at radius 3 is 2.61 bits per heavy atom. The first-order chi connectivity index (χ1) is 15.0. The van der Waals surface area contributed by atoms with E-state index in [4.69, 9.17) is 10.7 Å². The number of ketones is 1. The summed E-state index contributed by atoms with van der Waals surface area (Å²) in [4.78, 5) is 22.5. The third kappa shape index (κ3) is 4.00. The number of benzene rings is 2. The molecule has 1 saturated heterocycles. The van der Waals surface area contributed by atoms with Gasteiger partial charge in [-0.1, -0.05) is 12.1 Å². The summed E-state index contributed by atoms with van der Waals surface area (Å²) in [5.41, 5.74) is 11.0. The minimum atomic E-state index is -0.398. The number of hydrogen-bond acceptors (Lipinski definition) is 5. The summed E-state index contributed by atoms with van der Waals surface area (Å²) in [7, 11) is 2.17. The van der Waals surface area contributed by atoms with E-state index < -0.39 is 5.82 Å². The number of halogens is 1. The molecule has 3 aromatic rings. The van der Waals surface area contributed by atoms with Gasteiger partial charge in [0.25, 0.3) is 0 Å². The van der Waals surface area contributed by atoms with E-state index in [9.17, 15) is 9.18 Å². The second kappa shape index (κ2) is 7.93. The minimum Gasteiger partial charge on any atom is -0.398 e. The van der Waals surface area contributed by atoms with Crippen LogP contribution in [0.3, 0.4) is 0 Å². The van der Waals surface area contributed by atoms with E-state index in [2.05, 4.69) is 29.0 Å². The van der Waals surface area contributed by atoms with Gasteiger partial charge in [0.15, 0.2) is 5.78 Å². The largest absolute Gasteiger partial charge is 0.398 e. The van der Waals surface area contributed by atoms with Crippen LogP contribution in [0.5, 0.6) is 0 Å². The van der Waals surface area contributed by atoms with Crippen LogP contribution in [-0.4, -0.2) is 48.9 Å². The zero-order valence-electron chi connectivity index (χ0n) is 17.8. The number of nitrogen functional groups attached to an aromatic ring is 1. The second-order valence-electron chi connectivity index (χ2n) is 8.80. The van der Waals surface area contributed by atoms with Gasteiger partial charge in [-0.15, -0.1) is 0 Å². The van der Waals surface area contributed by atoms with Crippen LogP contribution in [0.1, 0.15) is 40.2 Å². The molecule has 0 unspecified atom stereocenters. The fourth-order valence-corrected chi connectivity index (χ4v) is 4.47. The van der Waals surface area contributed by atoms with Crippen LogP contribution in [0.2, 0.25) is 0 Å². The molecule has 0 amide bonds. The van der Waals surface area contributed by atoms with Crippen molar-refractivity contribution < 1.29 is 9.18 Å². The van der Waals surface area contributed by atoms with Crippen molar-refractivity contribution in [2.24, 2.45) is 0 Å². The molecule has 6 heteroatoms. The van der Waals surface area contributed by atoms with Gasteiger partial charge >= 0.3 is 0 Å². The summed E-state index contributed by atoms with van der Waals surface area (Å²) in [5.74, 6) is 0.0973. The lowest BCUT2D eigenvalue weighted by molar-refractivity contribution is 0.0993. The number of piperazine rings is 1. The van der Waals surface area contributed by atoms with Crippen LogP contribution in [-0.2, 0) is 6.42 Å². The van der Waals surface area contributed by atoms with Crippen LogP contribution < -0.4 is 10.6 Å². The third-order valence-electron chi connectivity index (χ3n) is 6.48. The van der Waals surface area contributed by atoms with E-state index in [1.165, 1.54) is 36.2 Å². The van der Waals surface area contributed by atoms with E-state index in [1.54, 1.807) is 12.3 Å². The number of carbonyl (C=O) groups excluding carboxylic acids is 1. The molecule has 1 saturated carbocycles. The molecule has 2 heterocycles. The molecule has 2 aliphatic rings. The SMILES string of the molecule is CN1CCN(c2ccc3cc(C(=O)Cc4ccc(F)cc4N)cnc3c2C2CC2)CC1. The fraction of sp³-hybridized carbons (Fsp3) is 0.360. The van der Waals surface area contributed by atoms with E-state index in [0.717, 1.165) is 37.1 Å². The Morgan fingerprint density at radius 2 is 1.90 bits per heavy atom. The quantitative estimate of drug-likeness (QED) is 0.501. The van der Waals surface area contributed by atoms with Gasteiger partial charge < -0.3 is 15.5 Å². The van der Waals surface area contributed by atoms with Crippen LogP contribution >= 0.6 is 0 Å². The third-order valence-corrected chi connectivity index (χ3v) is 6.48. The van der Waals surface area contributed by atoms with Crippen molar-refractivity contribution in [1.29, 1.82) is 0 Å². The first kappa shape index (κ1) is 19.9.